The normalized spacial score (nSPS) is 9.67. The Morgan fingerprint density at radius 3 is 2.00 bits per heavy atom. The van der Waals surface area contributed by atoms with E-state index in [-0.39, 0.29) is 5.75 Å². The topological polar surface area (TPSA) is 34.1 Å². The Balaban J connectivity index is 3.07. The molecule has 0 amide bonds. The van der Waals surface area contributed by atoms with E-state index in [2.05, 4.69) is 12.6 Å². The van der Waals surface area contributed by atoms with Crippen LogP contribution in [-0.4, -0.2) is 19.9 Å². The van der Waals surface area contributed by atoms with E-state index >= 15 is 0 Å². The van der Waals surface area contributed by atoms with Crippen molar-refractivity contribution >= 4 is 23.3 Å². The Labute approximate surface area is 43.9 Å². The van der Waals surface area contributed by atoms with Gasteiger partial charge in [0, 0.05) is 5.75 Å². The van der Waals surface area contributed by atoms with Gasteiger partial charge in [0.15, 0.2) is 0 Å². The van der Waals surface area contributed by atoms with Gasteiger partial charge in [0.2, 0.25) is 0 Å². The molecule has 0 aliphatic rings. The fourth-order valence-corrected chi connectivity index (χ4v) is 0.735. The maximum atomic E-state index is 9.59. The minimum absolute atomic E-state index is 0.193. The summed E-state index contributed by atoms with van der Waals surface area (Å²) < 4.78 is 19.2. The molecule has 4 heteroatoms. The summed E-state index contributed by atoms with van der Waals surface area (Å²) in [7, 11) is -2.18. The molecule has 2 nitrogen and oxygen atoms in total. The summed E-state index contributed by atoms with van der Waals surface area (Å²) in [6.07, 6.45) is 0. The number of hydrogen-bond acceptors (Lipinski definition) is 3. The van der Waals surface area contributed by atoms with Crippen molar-refractivity contribution < 1.29 is 8.42 Å². The van der Waals surface area contributed by atoms with Gasteiger partial charge >= 0.3 is 0 Å². The second-order valence-electron chi connectivity index (χ2n) is 0.780. The quantitative estimate of drug-likeness (QED) is 0.490. The lowest BCUT2D eigenvalue weighted by atomic mass is 11.0. The van der Waals surface area contributed by atoms with Crippen molar-refractivity contribution in [1.82, 2.24) is 0 Å². The highest BCUT2D eigenvalue weighted by molar-refractivity contribution is 7.81. The van der Waals surface area contributed by atoms with Gasteiger partial charge in [0.05, 0.1) is 5.75 Å². The van der Waals surface area contributed by atoms with Crippen LogP contribution in [0.3, 0.4) is 0 Å². The molecule has 0 spiro atoms. The summed E-state index contributed by atoms with van der Waals surface area (Å²) in [5.74, 6) is 0.622. The second kappa shape index (κ2) is 3.49. The molecule has 0 aliphatic carbocycles. The van der Waals surface area contributed by atoms with Crippen LogP contribution in [0, 0.1) is 0 Å². The Kier molecular flexibility index (Phi) is 3.66. The Bertz CT molecular complexity index is 77.5. The van der Waals surface area contributed by atoms with Crippen LogP contribution in [-0.2, 0) is 10.7 Å². The minimum Gasteiger partial charge on any atom is -0.232 e. The summed E-state index contributed by atoms with van der Waals surface area (Å²) in [6, 6.07) is 0. The lowest BCUT2D eigenvalue weighted by Gasteiger charge is -1.72. The van der Waals surface area contributed by atoms with Crippen LogP contribution < -0.4 is 0 Å². The van der Waals surface area contributed by atoms with Crippen LogP contribution in [0.2, 0.25) is 0 Å². The Morgan fingerprint density at radius 2 is 2.00 bits per heavy atom. The first kappa shape index (κ1) is 6.30. The Hall–Kier alpha value is 0.300. The van der Waals surface area contributed by atoms with E-state index in [1.54, 1.807) is 0 Å². The molecule has 0 aromatic heterocycles. The van der Waals surface area contributed by atoms with Crippen LogP contribution in [0.4, 0.5) is 0 Å². The van der Waals surface area contributed by atoms with E-state index in [9.17, 15) is 8.42 Å². The minimum atomic E-state index is -2.18. The van der Waals surface area contributed by atoms with Crippen molar-refractivity contribution in [3.63, 3.8) is 0 Å². The van der Waals surface area contributed by atoms with Crippen LogP contribution in [0.15, 0.2) is 0 Å². The van der Waals surface area contributed by atoms with Crippen molar-refractivity contribution in [2.45, 2.75) is 0 Å². The molecule has 0 radical (unpaired) electrons. The number of hydrogen-bond donors (Lipinski definition) is 2. The van der Waals surface area contributed by atoms with E-state index in [0.29, 0.717) is 5.75 Å². The molecule has 0 unspecified atom stereocenters. The first-order valence-corrected chi connectivity index (χ1v) is 3.49. The van der Waals surface area contributed by atoms with Gasteiger partial charge in [-0.15, -0.1) is 0 Å². The van der Waals surface area contributed by atoms with Gasteiger partial charge in [-0.1, -0.05) is 0 Å². The average molecular weight is 126 g/mol. The smallest absolute Gasteiger partial charge is 0.140 e. The first-order valence-electron chi connectivity index (χ1n) is 1.50. The monoisotopic (exact) mass is 126 g/mol. The molecular weight excluding hydrogens is 120 g/mol. The van der Waals surface area contributed by atoms with Crippen LogP contribution in [0.1, 0.15) is 0 Å². The maximum Gasteiger partial charge on any atom is 0.140 e. The number of rotatable bonds is 2. The predicted molar refractivity (Wildman–Crippen MR) is 29.0 cm³/mol. The van der Waals surface area contributed by atoms with Crippen molar-refractivity contribution in [2.24, 2.45) is 0 Å². The Morgan fingerprint density at radius 1 is 1.50 bits per heavy atom. The zero-order valence-corrected chi connectivity index (χ0v) is 4.91. The third kappa shape index (κ3) is 4.30. The molecule has 0 bridgehead atoms. The van der Waals surface area contributed by atoms with Crippen molar-refractivity contribution in [3.05, 3.63) is 0 Å². The SMILES string of the molecule is O=[SH](=O)CCS. The highest BCUT2D eigenvalue weighted by atomic mass is 32.2. The largest absolute Gasteiger partial charge is 0.232 e. The average Bonchev–Trinajstić information content (AvgIpc) is 1.35. The van der Waals surface area contributed by atoms with Gasteiger partial charge in [-0.25, -0.2) is 8.42 Å². The molecular formula is C2H6O2S2. The molecule has 0 aromatic carbocycles. The molecule has 0 N–H and O–H groups in total. The van der Waals surface area contributed by atoms with Crippen molar-refractivity contribution in [1.29, 1.82) is 0 Å². The van der Waals surface area contributed by atoms with Crippen LogP contribution >= 0.6 is 12.6 Å². The third-order valence-electron chi connectivity index (χ3n) is 0.283. The molecule has 38 valence electrons. The highest BCUT2D eigenvalue weighted by Crippen LogP contribution is 1.70. The van der Waals surface area contributed by atoms with Crippen LogP contribution in [0.5, 0.6) is 0 Å². The second-order valence-corrected chi connectivity index (χ2v) is 2.34. The standard InChI is InChI=1S/C2H6O2S2/c3-6(4)2-1-5/h5-6H,1-2H2. The highest BCUT2D eigenvalue weighted by Gasteiger charge is 1.76. The van der Waals surface area contributed by atoms with Crippen LogP contribution in [0.25, 0.3) is 0 Å². The molecule has 0 aliphatic heterocycles. The molecule has 0 heterocycles. The molecule has 0 atom stereocenters. The van der Waals surface area contributed by atoms with Gasteiger partial charge in [-0.2, -0.15) is 12.6 Å². The third-order valence-corrected chi connectivity index (χ3v) is 1.45. The zero-order chi connectivity index (χ0) is 4.99. The summed E-state index contributed by atoms with van der Waals surface area (Å²) in [5, 5.41) is 0. The molecule has 0 aromatic rings. The van der Waals surface area contributed by atoms with E-state index < -0.39 is 10.7 Å². The zero-order valence-electron chi connectivity index (χ0n) is 3.13. The van der Waals surface area contributed by atoms with E-state index in [1.165, 1.54) is 0 Å². The van der Waals surface area contributed by atoms with Gasteiger partial charge in [0.1, 0.15) is 10.7 Å². The number of thiol groups is 2. The lowest BCUT2D eigenvalue weighted by Crippen LogP contribution is -1.85. The van der Waals surface area contributed by atoms with E-state index in [0.717, 1.165) is 0 Å². The summed E-state index contributed by atoms with van der Waals surface area (Å²) in [6.45, 7) is 0. The summed E-state index contributed by atoms with van der Waals surface area (Å²) in [5.41, 5.74) is 0. The maximum absolute atomic E-state index is 9.59. The van der Waals surface area contributed by atoms with Crippen molar-refractivity contribution in [2.75, 3.05) is 11.5 Å². The predicted octanol–water partition coefficient (Wildman–Crippen LogP) is -0.472. The van der Waals surface area contributed by atoms with Gasteiger partial charge in [-0.05, 0) is 0 Å². The fraction of sp³-hybridized carbons (Fsp3) is 1.00. The molecule has 0 fully saturated rings. The summed E-state index contributed by atoms with van der Waals surface area (Å²) in [4.78, 5) is 0. The van der Waals surface area contributed by atoms with Gasteiger partial charge in [0.25, 0.3) is 0 Å². The van der Waals surface area contributed by atoms with Gasteiger partial charge < -0.3 is 0 Å². The molecule has 0 saturated carbocycles. The first-order chi connectivity index (χ1) is 2.77. The fourth-order valence-electron chi connectivity index (χ4n) is 0.0816. The molecule has 0 saturated heterocycles. The van der Waals surface area contributed by atoms with E-state index in [4.69, 9.17) is 0 Å². The lowest BCUT2D eigenvalue weighted by molar-refractivity contribution is 0.616. The summed E-state index contributed by atoms with van der Waals surface area (Å²) >= 11 is 3.68. The molecule has 6 heavy (non-hydrogen) atoms. The van der Waals surface area contributed by atoms with Gasteiger partial charge in [-0.3, -0.25) is 0 Å². The molecule has 0 rings (SSSR count). The van der Waals surface area contributed by atoms with E-state index in [1.807, 2.05) is 0 Å². The van der Waals surface area contributed by atoms with Crippen molar-refractivity contribution in [3.8, 4) is 0 Å².